The van der Waals surface area contributed by atoms with Crippen LogP contribution in [0.2, 0.25) is 0 Å². The topological polar surface area (TPSA) is 58.9 Å². The van der Waals surface area contributed by atoms with Gasteiger partial charge in [0.1, 0.15) is 18.0 Å². The number of amides is 1. The number of fused-ring (bicyclic) bond motifs is 1. The molecule has 1 fully saturated rings. The van der Waals surface area contributed by atoms with E-state index in [2.05, 4.69) is 29.0 Å². The third kappa shape index (κ3) is 5.25. The van der Waals surface area contributed by atoms with E-state index in [0.29, 0.717) is 24.5 Å². The van der Waals surface area contributed by atoms with Crippen molar-refractivity contribution < 1.29 is 9.53 Å². The molecule has 0 aliphatic carbocycles. The Balaban J connectivity index is 1.35. The van der Waals surface area contributed by atoms with Gasteiger partial charge in [0.15, 0.2) is 0 Å². The molecular weight excluding hydrogens is 388 g/mol. The maximum atomic E-state index is 12.8. The quantitative estimate of drug-likeness (QED) is 0.629. The molecule has 1 aliphatic rings. The fourth-order valence-corrected chi connectivity index (χ4v) is 4.60. The highest BCUT2D eigenvalue weighted by Gasteiger charge is 2.21. The van der Waals surface area contributed by atoms with Gasteiger partial charge in [0.25, 0.3) is 5.91 Å². The Hall–Kier alpha value is -2.86. The monoisotopic (exact) mass is 420 g/mol. The van der Waals surface area contributed by atoms with Crippen LogP contribution in [0, 0.1) is 18.8 Å². The van der Waals surface area contributed by atoms with E-state index in [1.165, 1.54) is 6.42 Å². The highest BCUT2D eigenvalue weighted by atomic mass is 16.5. The summed E-state index contributed by atoms with van der Waals surface area (Å²) in [5.41, 5.74) is 3.43. The van der Waals surface area contributed by atoms with E-state index in [1.807, 2.05) is 60.1 Å². The molecule has 2 atom stereocenters. The number of imidazole rings is 1. The molecule has 1 N–H and O–H groups in total. The van der Waals surface area contributed by atoms with E-state index >= 15 is 0 Å². The molecule has 1 saturated heterocycles. The van der Waals surface area contributed by atoms with Crippen LogP contribution in [-0.2, 0) is 6.61 Å². The van der Waals surface area contributed by atoms with Crippen LogP contribution in [0.5, 0.6) is 5.75 Å². The minimum atomic E-state index is -0.0976. The summed E-state index contributed by atoms with van der Waals surface area (Å²) in [6.07, 6.45) is 5.23. The molecule has 6 heteroatoms. The maximum absolute atomic E-state index is 12.8. The fraction of sp³-hybridized carbons (Fsp3) is 0.440. The highest BCUT2D eigenvalue weighted by molar-refractivity contribution is 5.96. The highest BCUT2D eigenvalue weighted by Crippen LogP contribution is 2.21. The van der Waals surface area contributed by atoms with Crippen molar-refractivity contribution in [2.45, 2.75) is 33.8 Å². The number of nitrogens with one attached hydrogen (secondary N) is 1. The number of rotatable bonds is 7. The van der Waals surface area contributed by atoms with Gasteiger partial charge in [-0.1, -0.05) is 32.0 Å². The molecule has 1 aromatic carbocycles. The second kappa shape index (κ2) is 9.52. The summed E-state index contributed by atoms with van der Waals surface area (Å²) in [4.78, 5) is 19.9. The van der Waals surface area contributed by atoms with Crippen molar-refractivity contribution in [2.24, 2.45) is 11.8 Å². The summed E-state index contributed by atoms with van der Waals surface area (Å²) in [5.74, 6) is 1.92. The Morgan fingerprint density at radius 1 is 1.16 bits per heavy atom. The lowest BCUT2D eigenvalue weighted by Gasteiger charge is -2.34. The smallest absolute Gasteiger partial charge is 0.255 e. The van der Waals surface area contributed by atoms with Gasteiger partial charge < -0.3 is 19.4 Å². The average Bonchev–Trinajstić information content (AvgIpc) is 3.16. The number of para-hydroxylation sites is 1. The molecule has 3 heterocycles. The first-order chi connectivity index (χ1) is 15.0. The molecule has 2 unspecified atom stereocenters. The average molecular weight is 421 g/mol. The molecule has 3 aromatic rings. The number of ether oxygens (including phenoxy) is 1. The van der Waals surface area contributed by atoms with Gasteiger partial charge in [-0.25, -0.2) is 4.98 Å². The van der Waals surface area contributed by atoms with Gasteiger partial charge in [-0.05, 0) is 48.9 Å². The van der Waals surface area contributed by atoms with Crippen LogP contribution in [0.25, 0.3) is 5.65 Å². The summed E-state index contributed by atoms with van der Waals surface area (Å²) in [6, 6.07) is 11.4. The van der Waals surface area contributed by atoms with Crippen molar-refractivity contribution >= 4 is 11.6 Å². The summed E-state index contributed by atoms with van der Waals surface area (Å²) in [7, 11) is 0. The first-order valence-electron chi connectivity index (χ1n) is 11.1. The van der Waals surface area contributed by atoms with E-state index in [9.17, 15) is 4.79 Å². The number of carbonyl (C=O) groups is 1. The number of hydrogen-bond acceptors (Lipinski definition) is 4. The van der Waals surface area contributed by atoms with E-state index in [0.717, 1.165) is 48.4 Å². The van der Waals surface area contributed by atoms with Crippen LogP contribution < -0.4 is 10.1 Å². The number of likely N-dealkylation sites (tertiary alicyclic amines) is 1. The van der Waals surface area contributed by atoms with Gasteiger partial charge in [-0.2, -0.15) is 0 Å². The number of aryl methyl sites for hydroxylation is 1. The molecule has 1 aliphatic heterocycles. The van der Waals surface area contributed by atoms with Gasteiger partial charge in [0.2, 0.25) is 0 Å². The zero-order valence-electron chi connectivity index (χ0n) is 18.7. The maximum Gasteiger partial charge on any atom is 0.255 e. The summed E-state index contributed by atoms with van der Waals surface area (Å²) >= 11 is 0. The predicted molar refractivity (Wildman–Crippen MR) is 122 cm³/mol. The molecule has 2 aromatic heterocycles. The zero-order valence-corrected chi connectivity index (χ0v) is 18.7. The third-order valence-electron chi connectivity index (χ3n) is 5.89. The molecule has 0 spiro atoms. The Labute approximate surface area is 184 Å². The van der Waals surface area contributed by atoms with E-state index in [4.69, 9.17) is 4.74 Å². The van der Waals surface area contributed by atoms with Gasteiger partial charge in [-0.15, -0.1) is 0 Å². The molecule has 0 radical (unpaired) electrons. The van der Waals surface area contributed by atoms with Crippen LogP contribution >= 0.6 is 0 Å². The molecule has 0 saturated carbocycles. The first-order valence-corrected chi connectivity index (χ1v) is 11.1. The van der Waals surface area contributed by atoms with Gasteiger partial charge in [-0.3, -0.25) is 4.79 Å². The van der Waals surface area contributed by atoms with Crippen LogP contribution in [0.3, 0.4) is 0 Å². The van der Waals surface area contributed by atoms with Crippen molar-refractivity contribution in [3.05, 3.63) is 65.6 Å². The lowest BCUT2D eigenvalue weighted by Crippen LogP contribution is -2.42. The van der Waals surface area contributed by atoms with Crippen LogP contribution in [0.1, 0.15) is 41.9 Å². The van der Waals surface area contributed by atoms with Gasteiger partial charge in [0.05, 0.1) is 11.3 Å². The molecule has 1 amide bonds. The minimum Gasteiger partial charge on any atom is -0.486 e. The predicted octanol–water partition coefficient (Wildman–Crippen LogP) is 3.93. The Kier molecular flexibility index (Phi) is 6.56. The number of pyridine rings is 1. The molecule has 4 rings (SSSR count). The third-order valence-corrected chi connectivity index (χ3v) is 5.89. The summed E-state index contributed by atoms with van der Waals surface area (Å²) in [5, 5.41) is 3.06. The number of carbonyl (C=O) groups excluding carboxylic acids is 1. The van der Waals surface area contributed by atoms with Crippen molar-refractivity contribution in [3.63, 3.8) is 0 Å². The van der Waals surface area contributed by atoms with Gasteiger partial charge >= 0.3 is 0 Å². The second-order valence-electron chi connectivity index (χ2n) is 8.90. The molecular formula is C25H32N4O2. The zero-order chi connectivity index (χ0) is 21.8. The Morgan fingerprint density at radius 2 is 1.94 bits per heavy atom. The van der Waals surface area contributed by atoms with Crippen molar-refractivity contribution in [3.8, 4) is 5.75 Å². The molecule has 0 bridgehead atoms. The van der Waals surface area contributed by atoms with Crippen LogP contribution in [0.4, 0.5) is 0 Å². The molecule has 6 nitrogen and oxygen atoms in total. The second-order valence-corrected chi connectivity index (χ2v) is 8.90. The van der Waals surface area contributed by atoms with Crippen LogP contribution in [-0.4, -0.2) is 46.4 Å². The number of benzene rings is 1. The first kappa shape index (κ1) is 21.4. The minimum absolute atomic E-state index is 0.0976. The number of nitrogens with zero attached hydrogens (tertiary/aromatic N) is 3. The van der Waals surface area contributed by atoms with E-state index in [1.54, 1.807) is 0 Å². The van der Waals surface area contributed by atoms with Crippen molar-refractivity contribution in [1.82, 2.24) is 19.6 Å². The number of piperidine rings is 1. The lowest BCUT2D eigenvalue weighted by molar-refractivity contribution is 0.0932. The van der Waals surface area contributed by atoms with Gasteiger partial charge in [0, 0.05) is 38.6 Å². The number of hydrogen-bond donors (Lipinski definition) is 1. The summed E-state index contributed by atoms with van der Waals surface area (Å²) in [6.45, 7) is 10.7. The normalized spacial score (nSPS) is 19.5. The standard InChI is InChI=1S/C25H32N4O2/c1-18-13-19(2)15-28(14-18)12-10-26-25(30)22-8-4-5-9-23(22)31-17-21-16-29-11-6-7-20(3)24(29)27-21/h4-9,11,16,18-19H,10,12-15,17H2,1-3H3,(H,26,30). The lowest BCUT2D eigenvalue weighted by atomic mass is 9.92. The Morgan fingerprint density at radius 3 is 2.71 bits per heavy atom. The number of aromatic nitrogens is 2. The largest absolute Gasteiger partial charge is 0.486 e. The SMILES string of the molecule is Cc1cccn2cc(COc3ccccc3C(=O)NCCN3CC(C)CC(C)C3)nc12. The summed E-state index contributed by atoms with van der Waals surface area (Å²) < 4.78 is 7.99. The van der Waals surface area contributed by atoms with Crippen LogP contribution in [0.15, 0.2) is 48.8 Å². The van der Waals surface area contributed by atoms with Crippen molar-refractivity contribution in [1.29, 1.82) is 0 Å². The Bertz CT molecular complexity index is 1030. The van der Waals surface area contributed by atoms with Crippen molar-refractivity contribution in [2.75, 3.05) is 26.2 Å². The molecule has 31 heavy (non-hydrogen) atoms. The van der Waals surface area contributed by atoms with E-state index in [-0.39, 0.29) is 5.91 Å². The molecule has 164 valence electrons. The van der Waals surface area contributed by atoms with E-state index < -0.39 is 0 Å². The fourth-order valence-electron chi connectivity index (χ4n) is 4.60.